The minimum atomic E-state index is 0.318. The van der Waals surface area contributed by atoms with Crippen LogP contribution in [0.5, 0.6) is 0 Å². The fourth-order valence-corrected chi connectivity index (χ4v) is 5.55. The van der Waals surface area contributed by atoms with Crippen molar-refractivity contribution in [1.29, 1.82) is 0 Å². The van der Waals surface area contributed by atoms with E-state index in [0.29, 0.717) is 6.04 Å². The first kappa shape index (κ1) is 19.5. The summed E-state index contributed by atoms with van der Waals surface area (Å²) in [6, 6.07) is 18.8. The third-order valence-corrected chi connectivity index (χ3v) is 7.20. The number of fused-ring (bicyclic) bond motifs is 3. The first-order valence-electron chi connectivity index (χ1n) is 10.6. The maximum atomic E-state index is 6.08. The molecule has 2 aromatic carbocycles. The van der Waals surface area contributed by atoms with Gasteiger partial charge in [-0.1, -0.05) is 41.9 Å². The maximum Gasteiger partial charge on any atom is 0.163 e. The lowest BCUT2D eigenvalue weighted by atomic mass is 10.1. The third kappa shape index (κ3) is 3.94. The van der Waals surface area contributed by atoms with Crippen molar-refractivity contribution in [2.75, 3.05) is 5.32 Å². The van der Waals surface area contributed by atoms with Crippen molar-refractivity contribution < 1.29 is 0 Å². The van der Waals surface area contributed by atoms with Gasteiger partial charge in [0.25, 0.3) is 0 Å². The fraction of sp³-hybridized carbons (Fsp3) is 0.280. The lowest BCUT2D eigenvalue weighted by Crippen LogP contribution is -2.17. The summed E-state index contributed by atoms with van der Waals surface area (Å²) in [6.45, 7) is 2.24. The molecule has 0 radical (unpaired) electrons. The first-order valence-corrected chi connectivity index (χ1v) is 11.8. The molecule has 0 spiro atoms. The van der Waals surface area contributed by atoms with E-state index in [-0.39, 0.29) is 0 Å². The van der Waals surface area contributed by atoms with E-state index in [0.717, 1.165) is 52.7 Å². The number of benzene rings is 2. The summed E-state index contributed by atoms with van der Waals surface area (Å²) in [6.07, 6.45) is 5.63. The van der Waals surface area contributed by atoms with Crippen molar-refractivity contribution in [2.45, 2.75) is 45.1 Å². The monoisotopic (exact) mass is 433 g/mol. The molecule has 2 aromatic heterocycles. The van der Waals surface area contributed by atoms with Crippen LogP contribution < -0.4 is 5.32 Å². The molecule has 30 heavy (non-hydrogen) atoms. The average molecular weight is 434 g/mol. The molecule has 1 aliphatic rings. The van der Waals surface area contributed by atoms with Crippen LogP contribution in [-0.2, 0) is 19.3 Å². The molecule has 0 aliphatic heterocycles. The Morgan fingerprint density at radius 2 is 1.83 bits per heavy atom. The summed E-state index contributed by atoms with van der Waals surface area (Å²) in [5.41, 5.74) is 3.82. The summed E-state index contributed by atoms with van der Waals surface area (Å²) < 4.78 is 0. The summed E-state index contributed by atoms with van der Waals surface area (Å²) in [5, 5.41) is 5.68. The molecule has 1 N–H and O–H groups in total. The SMILES string of the molecule is C[C@@H](CCc1ccccc1)Nc1nc(-c2ccc(Cl)cc2)nc2sc3c(c12)CCC3. The molecular weight excluding hydrogens is 410 g/mol. The first-order chi connectivity index (χ1) is 14.7. The van der Waals surface area contributed by atoms with Gasteiger partial charge in [0.1, 0.15) is 10.6 Å². The number of anilines is 1. The van der Waals surface area contributed by atoms with Crippen molar-refractivity contribution in [3.8, 4) is 11.4 Å². The van der Waals surface area contributed by atoms with Crippen LogP contribution >= 0.6 is 22.9 Å². The predicted octanol–water partition coefficient (Wildman–Crippen LogP) is 6.93. The highest BCUT2D eigenvalue weighted by Crippen LogP contribution is 2.40. The third-order valence-electron chi connectivity index (χ3n) is 5.76. The summed E-state index contributed by atoms with van der Waals surface area (Å²) in [7, 11) is 0. The Hall–Kier alpha value is -2.43. The van der Waals surface area contributed by atoms with E-state index >= 15 is 0 Å². The van der Waals surface area contributed by atoms with Crippen molar-refractivity contribution in [1.82, 2.24) is 9.97 Å². The molecule has 0 fully saturated rings. The van der Waals surface area contributed by atoms with Crippen molar-refractivity contribution in [3.63, 3.8) is 0 Å². The number of hydrogen-bond donors (Lipinski definition) is 1. The van der Waals surface area contributed by atoms with Crippen molar-refractivity contribution in [3.05, 3.63) is 75.6 Å². The number of nitrogens with one attached hydrogen (secondary N) is 1. The Morgan fingerprint density at radius 1 is 1.03 bits per heavy atom. The molecule has 2 heterocycles. The zero-order valence-electron chi connectivity index (χ0n) is 17.0. The van der Waals surface area contributed by atoms with Crippen LogP contribution in [-0.4, -0.2) is 16.0 Å². The Balaban J connectivity index is 1.48. The highest BCUT2D eigenvalue weighted by molar-refractivity contribution is 7.19. The molecule has 0 saturated heterocycles. The summed E-state index contributed by atoms with van der Waals surface area (Å²) in [5.74, 6) is 1.74. The number of aromatic nitrogens is 2. The highest BCUT2D eigenvalue weighted by atomic mass is 35.5. The molecule has 152 valence electrons. The number of halogens is 1. The van der Waals surface area contributed by atoms with Crippen LogP contribution in [0.3, 0.4) is 0 Å². The van der Waals surface area contributed by atoms with E-state index < -0.39 is 0 Å². The van der Waals surface area contributed by atoms with Crippen LogP contribution in [0.2, 0.25) is 5.02 Å². The van der Waals surface area contributed by atoms with Gasteiger partial charge in [0.05, 0.1) is 5.39 Å². The summed E-state index contributed by atoms with van der Waals surface area (Å²) >= 11 is 7.91. The molecule has 0 bridgehead atoms. The van der Waals surface area contributed by atoms with Gasteiger partial charge in [-0.25, -0.2) is 9.97 Å². The van der Waals surface area contributed by atoms with Crippen molar-refractivity contribution >= 4 is 39.0 Å². The maximum absolute atomic E-state index is 6.08. The van der Waals surface area contributed by atoms with E-state index in [4.69, 9.17) is 21.6 Å². The van der Waals surface area contributed by atoms with Gasteiger partial charge < -0.3 is 5.32 Å². The van der Waals surface area contributed by atoms with Crippen LogP contribution in [0, 0.1) is 0 Å². The van der Waals surface area contributed by atoms with Gasteiger partial charge in [0, 0.05) is 21.5 Å². The highest BCUT2D eigenvalue weighted by Gasteiger charge is 2.23. The van der Waals surface area contributed by atoms with E-state index in [1.54, 1.807) is 0 Å². The quantitative estimate of drug-likeness (QED) is 0.358. The Morgan fingerprint density at radius 3 is 2.63 bits per heavy atom. The molecular formula is C25H24ClN3S. The number of nitrogens with zero attached hydrogens (tertiary/aromatic N) is 2. The average Bonchev–Trinajstić information content (AvgIpc) is 3.34. The van der Waals surface area contributed by atoms with Crippen LogP contribution in [0.1, 0.15) is 35.8 Å². The minimum Gasteiger partial charge on any atom is -0.367 e. The lowest BCUT2D eigenvalue weighted by molar-refractivity contribution is 0.704. The molecule has 5 heteroatoms. The number of aryl methyl sites for hydroxylation is 3. The Kier molecular flexibility index (Phi) is 5.45. The normalized spacial score (nSPS) is 14.1. The standard InChI is InChI=1S/C25H24ClN3S/c1-16(10-11-17-6-3-2-4-7-17)27-24-22-20-8-5-9-21(20)30-25(22)29-23(28-24)18-12-14-19(26)15-13-18/h2-4,6-7,12-16H,5,8-11H2,1H3,(H,27,28,29)/t16-/m0/s1. The van der Waals surface area contributed by atoms with Gasteiger partial charge in [-0.05, 0) is 74.4 Å². The summed E-state index contributed by atoms with van der Waals surface area (Å²) in [4.78, 5) is 12.5. The zero-order chi connectivity index (χ0) is 20.5. The van der Waals surface area contributed by atoms with Gasteiger partial charge in [0.2, 0.25) is 0 Å². The van der Waals surface area contributed by atoms with Crippen LogP contribution in [0.25, 0.3) is 21.6 Å². The van der Waals surface area contributed by atoms with Crippen LogP contribution in [0.4, 0.5) is 5.82 Å². The topological polar surface area (TPSA) is 37.8 Å². The predicted molar refractivity (Wildman–Crippen MR) is 128 cm³/mol. The second-order valence-electron chi connectivity index (χ2n) is 8.01. The fourth-order valence-electron chi connectivity index (χ4n) is 4.16. The molecule has 5 rings (SSSR count). The van der Waals surface area contributed by atoms with Gasteiger partial charge >= 0.3 is 0 Å². The van der Waals surface area contributed by atoms with Crippen molar-refractivity contribution in [2.24, 2.45) is 0 Å². The van der Waals surface area contributed by atoms with Gasteiger partial charge in [-0.15, -0.1) is 11.3 Å². The van der Waals surface area contributed by atoms with E-state index in [1.807, 2.05) is 35.6 Å². The smallest absolute Gasteiger partial charge is 0.163 e. The molecule has 1 aliphatic carbocycles. The number of thiophene rings is 1. The Bertz CT molecular complexity index is 1170. The van der Waals surface area contributed by atoms with E-state index in [9.17, 15) is 0 Å². The van der Waals surface area contributed by atoms with E-state index in [2.05, 4.69) is 42.6 Å². The molecule has 0 amide bonds. The van der Waals surface area contributed by atoms with Gasteiger partial charge in [-0.3, -0.25) is 0 Å². The van der Waals surface area contributed by atoms with Crippen LogP contribution in [0.15, 0.2) is 54.6 Å². The van der Waals surface area contributed by atoms with E-state index in [1.165, 1.54) is 27.8 Å². The molecule has 3 nitrogen and oxygen atoms in total. The van der Waals surface area contributed by atoms with Gasteiger partial charge in [-0.2, -0.15) is 0 Å². The number of hydrogen-bond acceptors (Lipinski definition) is 4. The Labute approximate surface area is 186 Å². The second kappa shape index (κ2) is 8.37. The molecule has 4 aromatic rings. The minimum absolute atomic E-state index is 0.318. The largest absolute Gasteiger partial charge is 0.367 e. The van der Waals surface area contributed by atoms with Gasteiger partial charge in [0.15, 0.2) is 5.82 Å². The molecule has 1 atom stereocenters. The zero-order valence-corrected chi connectivity index (χ0v) is 18.6. The lowest BCUT2D eigenvalue weighted by Gasteiger charge is -2.17. The number of rotatable bonds is 6. The molecule has 0 saturated carbocycles. The second-order valence-corrected chi connectivity index (χ2v) is 9.53. The molecule has 0 unspecified atom stereocenters.